The first-order chi connectivity index (χ1) is 21.1. The Morgan fingerprint density at radius 1 is 0.837 bits per heavy atom. The lowest BCUT2D eigenvalue weighted by atomic mass is 10.1. The topological polar surface area (TPSA) is 77.7 Å². The normalized spacial score (nSPS) is 11.1. The molecular weight excluding hydrogens is 604 g/mol. The van der Waals surface area contributed by atoms with E-state index in [9.17, 15) is 4.79 Å². The van der Waals surface area contributed by atoms with E-state index in [1.807, 2.05) is 128 Å². The lowest BCUT2D eigenvalue weighted by molar-refractivity contribution is -0.123. The summed E-state index contributed by atoms with van der Waals surface area (Å²) in [5.41, 5.74) is 6.91. The number of benzene rings is 5. The van der Waals surface area contributed by atoms with Crippen molar-refractivity contribution < 1.29 is 14.3 Å². The van der Waals surface area contributed by atoms with Gasteiger partial charge in [-0.05, 0) is 74.7 Å². The van der Waals surface area contributed by atoms with E-state index < -0.39 is 0 Å². The van der Waals surface area contributed by atoms with Crippen molar-refractivity contribution in [2.24, 2.45) is 5.10 Å². The number of hydrogen-bond acceptors (Lipinski definition) is 5. The van der Waals surface area contributed by atoms with E-state index in [0.29, 0.717) is 18.1 Å². The Bertz CT molecular complexity index is 1870. The molecule has 212 valence electrons. The van der Waals surface area contributed by atoms with Gasteiger partial charge >= 0.3 is 0 Å². The Hall–Kier alpha value is -5.21. The Labute approximate surface area is 257 Å². The molecule has 1 amide bonds. The predicted octanol–water partition coefficient (Wildman–Crippen LogP) is 7.56. The number of carbonyl (C=O) groups excluding carboxylic acids is 1. The zero-order chi connectivity index (χ0) is 29.4. The number of hydrazone groups is 1. The van der Waals surface area contributed by atoms with Crippen LogP contribution in [0.15, 0.2) is 137 Å². The molecule has 0 saturated heterocycles. The minimum absolute atomic E-state index is 0.186. The van der Waals surface area contributed by atoms with Gasteiger partial charge in [0.05, 0.1) is 16.4 Å². The van der Waals surface area contributed by atoms with Crippen LogP contribution in [0.25, 0.3) is 27.7 Å². The van der Waals surface area contributed by atoms with Gasteiger partial charge in [0.2, 0.25) is 0 Å². The minimum Gasteiger partial charge on any atom is -0.489 e. The first kappa shape index (κ1) is 27.9. The molecule has 0 unspecified atom stereocenters. The van der Waals surface area contributed by atoms with Crippen LogP contribution in [-0.4, -0.2) is 28.5 Å². The summed E-state index contributed by atoms with van der Waals surface area (Å²) in [6, 6.07) is 39.4. The Morgan fingerprint density at radius 3 is 2.35 bits per heavy atom. The average molecular weight is 632 g/mol. The maximum absolute atomic E-state index is 12.6. The van der Waals surface area contributed by atoms with Crippen molar-refractivity contribution in [2.75, 3.05) is 6.61 Å². The number of aromatic nitrogens is 2. The highest BCUT2D eigenvalue weighted by Gasteiger charge is 2.13. The summed E-state index contributed by atoms with van der Waals surface area (Å²) in [4.78, 5) is 12.6. The molecule has 0 fully saturated rings. The number of nitrogens with one attached hydrogen (secondary N) is 1. The molecule has 1 aromatic heterocycles. The van der Waals surface area contributed by atoms with E-state index in [0.717, 1.165) is 43.4 Å². The van der Waals surface area contributed by atoms with Crippen LogP contribution in [-0.2, 0) is 11.4 Å². The second kappa shape index (κ2) is 13.2. The molecule has 1 heterocycles. The van der Waals surface area contributed by atoms with E-state index >= 15 is 0 Å². The van der Waals surface area contributed by atoms with Crippen molar-refractivity contribution in [3.8, 4) is 28.4 Å². The van der Waals surface area contributed by atoms with Gasteiger partial charge in [0.1, 0.15) is 23.8 Å². The third kappa shape index (κ3) is 6.82. The highest BCUT2D eigenvalue weighted by Crippen LogP contribution is 2.33. The fourth-order valence-corrected chi connectivity index (χ4v) is 5.15. The molecule has 1 N–H and O–H groups in total. The average Bonchev–Trinajstić information content (AvgIpc) is 3.49. The van der Waals surface area contributed by atoms with Gasteiger partial charge in [-0.15, -0.1) is 0 Å². The van der Waals surface area contributed by atoms with Crippen LogP contribution in [0.3, 0.4) is 0 Å². The predicted molar refractivity (Wildman–Crippen MR) is 173 cm³/mol. The van der Waals surface area contributed by atoms with Crippen LogP contribution in [0.2, 0.25) is 0 Å². The number of ether oxygens (including phenoxy) is 2. The standard InChI is InChI=1S/C35H27BrN4O3/c36-34-31-14-8-7-11-26(31)17-20-32(34)43-24-33(41)38-37-21-28-22-40(29-12-5-2-6-13-29)39-35(28)27-15-18-30(19-16-27)42-23-25-9-3-1-4-10-25/h1-22H,23-24H2,(H,38,41)/b37-21+. The van der Waals surface area contributed by atoms with Crippen molar-refractivity contribution in [3.63, 3.8) is 0 Å². The molecule has 0 aliphatic rings. The van der Waals surface area contributed by atoms with E-state index in [-0.39, 0.29) is 12.5 Å². The fraction of sp³-hybridized carbons (Fsp3) is 0.0571. The third-order valence-electron chi connectivity index (χ3n) is 6.72. The first-order valence-electron chi connectivity index (χ1n) is 13.7. The molecule has 0 spiro atoms. The maximum Gasteiger partial charge on any atom is 0.277 e. The number of fused-ring (bicyclic) bond motifs is 1. The molecule has 0 radical (unpaired) electrons. The maximum atomic E-state index is 12.6. The summed E-state index contributed by atoms with van der Waals surface area (Å²) in [5, 5.41) is 11.1. The minimum atomic E-state index is -0.381. The van der Waals surface area contributed by atoms with Crippen LogP contribution in [0.1, 0.15) is 11.1 Å². The summed E-state index contributed by atoms with van der Waals surface area (Å²) >= 11 is 3.59. The number of hydrogen-bond donors (Lipinski definition) is 1. The Morgan fingerprint density at radius 2 is 1.56 bits per heavy atom. The largest absolute Gasteiger partial charge is 0.489 e. The monoisotopic (exact) mass is 630 g/mol. The number of carbonyl (C=O) groups is 1. The summed E-state index contributed by atoms with van der Waals surface area (Å²) in [6.07, 6.45) is 3.47. The second-order valence-corrected chi connectivity index (χ2v) is 10.5. The highest BCUT2D eigenvalue weighted by atomic mass is 79.9. The molecule has 0 aliphatic carbocycles. The molecule has 0 atom stereocenters. The summed E-state index contributed by atoms with van der Waals surface area (Å²) < 4.78 is 14.3. The van der Waals surface area contributed by atoms with Crippen molar-refractivity contribution in [1.29, 1.82) is 0 Å². The van der Waals surface area contributed by atoms with Crippen molar-refractivity contribution in [1.82, 2.24) is 15.2 Å². The first-order valence-corrected chi connectivity index (χ1v) is 14.5. The molecule has 8 heteroatoms. The number of halogens is 1. The van der Waals surface area contributed by atoms with Gasteiger partial charge in [0.15, 0.2) is 6.61 Å². The zero-order valence-corrected chi connectivity index (χ0v) is 24.6. The van der Waals surface area contributed by atoms with E-state index in [1.165, 1.54) is 0 Å². The molecule has 7 nitrogen and oxygen atoms in total. The van der Waals surface area contributed by atoms with Crippen molar-refractivity contribution in [2.45, 2.75) is 6.61 Å². The molecule has 0 bridgehead atoms. The third-order valence-corrected chi connectivity index (χ3v) is 7.54. The van der Waals surface area contributed by atoms with E-state index in [4.69, 9.17) is 14.6 Å². The van der Waals surface area contributed by atoms with Crippen molar-refractivity contribution >= 4 is 38.8 Å². The number of nitrogens with zero attached hydrogens (tertiary/aromatic N) is 3. The molecular formula is C35H27BrN4O3. The summed E-state index contributed by atoms with van der Waals surface area (Å²) in [6.45, 7) is 0.302. The molecule has 5 aromatic carbocycles. The smallest absolute Gasteiger partial charge is 0.277 e. The van der Waals surface area contributed by atoms with E-state index in [2.05, 4.69) is 26.5 Å². The van der Waals surface area contributed by atoms with Gasteiger partial charge in [-0.25, -0.2) is 10.1 Å². The van der Waals surface area contributed by atoms with Gasteiger partial charge in [0, 0.05) is 17.3 Å². The van der Waals surface area contributed by atoms with Crippen LogP contribution in [0.5, 0.6) is 11.5 Å². The fourth-order valence-electron chi connectivity index (χ4n) is 4.54. The molecule has 6 rings (SSSR count). The van der Waals surface area contributed by atoms with Crippen LogP contribution < -0.4 is 14.9 Å². The molecule has 43 heavy (non-hydrogen) atoms. The SMILES string of the molecule is O=C(COc1ccc2ccccc2c1Br)N/N=C/c1cn(-c2ccccc2)nc1-c1ccc(OCc2ccccc2)cc1. The zero-order valence-electron chi connectivity index (χ0n) is 23.1. The highest BCUT2D eigenvalue weighted by molar-refractivity contribution is 9.10. The number of para-hydroxylation sites is 1. The molecule has 6 aromatic rings. The lowest BCUT2D eigenvalue weighted by Crippen LogP contribution is -2.24. The van der Waals surface area contributed by atoms with Crippen LogP contribution >= 0.6 is 15.9 Å². The van der Waals surface area contributed by atoms with Gasteiger partial charge in [-0.3, -0.25) is 4.79 Å². The molecule has 0 aliphatic heterocycles. The van der Waals surface area contributed by atoms with Crippen LogP contribution in [0, 0.1) is 0 Å². The summed E-state index contributed by atoms with van der Waals surface area (Å²) in [5.74, 6) is 0.962. The van der Waals surface area contributed by atoms with E-state index in [1.54, 1.807) is 10.9 Å². The lowest BCUT2D eigenvalue weighted by Gasteiger charge is -2.09. The van der Waals surface area contributed by atoms with Gasteiger partial charge in [-0.2, -0.15) is 10.2 Å². The summed E-state index contributed by atoms with van der Waals surface area (Å²) in [7, 11) is 0. The van der Waals surface area contributed by atoms with Crippen LogP contribution in [0.4, 0.5) is 0 Å². The Kier molecular flexibility index (Phi) is 8.56. The Balaban J connectivity index is 1.15. The van der Waals surface area contributed by atoms with Gasteiger partial charge in [0.25, 0.3) is 5.91 Å². The van der Waals surface area contributed by atoms with Crippen molar-refractivity contribution in [3.05, 3.63) is 143 Å². The van der Waals surface area contributed by atoms with Gasteiger partial charge in [-0.1, -0.05) is 78.9 Å². The molecule has 0 saturated carbocycles. The quantitative estimate of drug-likeness (QED) is 0.125. The number of rotatable bonds is 10. The second-order valence-electron chi connectivity index (χ2n) is 9.69. The number of amides is 1. The van der Waals surface area contributed by atoms with Gasteiger partial charge < -0.3 is 9.47 Å².